The molecular formula is C20H23NO4. The summed E-state index contributed by atoms with van der Waals surface area (Å²) in [5.74, 6) is -2.21. The summed E-state index contributed by atoms with van der Waals surface area (Å²) < 4.78 is 0. The Bertz CT molecular complexity index is 780. The van der Waals surface area contributed by atoms with Crippen LogP contribution in [0, 0.1) is 6.92 Å². The Morgan fingerprint density at radius 3 is 2.08 bits per heavy atom. The number of hydrogen-bond donors (Lipinski definition) is 2. The third-order valence-electron chi connectivity index (χ3n) is 4.44. The topological polar surface area (TPSA) is 77.8 Å². The first-order valence-electron chi connectivity index (χ1n) is 8.32. The first kappa shape index (κ1) is 18.5. The Balaban J connectivity index is 2.77. The third-order valence-corrected chi connectivity index (χ3v) is 4.44. The van der Waals surface area contributed by atoms with Crippen molar-refractivity contribution in [1.82, 2.24) is 0 Å². The summed E-state index contributed by atoms with van der Waals surface area (Å²) in [4.78, 5) is 25.6. The van der Waals surface area contributed by atoms with E-state index in [-0.39, 0.29) is 11.1 Å². The van der Waals surface area contributed by atoms with E-state index in [1.807, 2.05) is 49.1 Å². The van der Waals surface area contributed by atoms with Gasteiger partial charge in [0.15, 0.2) is 0 Å². The van der Waals surface area contributed by atoms with Crippen molar-refractivity contribution in [2.24, 2.45) is 0 Å². The van der Waals surface area contributed by atoms with Crippen molar-refractivity contribution >= 4 is 17.6 Å². The molecule has 0 aliphatic heterocycles. The molecule has 0 heterocycles. The molecule has 0 bridgehead atoms. The average molecular weight is 341 g/mol. The van der Waals surface area contributed by atoms with Crippen LogP contribution >= 0.6 is 0 Å². The predicted molar refractivity (Wildman–Crippen MR) is 97.9 cm³/mol. The maximum Gasteiger partial charge on any atom is 0.336 e. The van der Waals surface area contributed by atoms with E-state index in [2.05, 4.69) is 0 Å². The number of nitrogens with zero attached hydrogens (tertiary/aromatic N) is 1. The Morgan fingerprint density at radius 2 is 1.60 bits per heavy atom. The minimum Gasteiger partial charge on any atom is -0.478 e. The lowest BCUT2D eigenvalue weighted by atomic mass is 9.90. The highest BCUT2D eigenvalue weighted by Gasteiger charge is 2.25. The molecule has 0 aromatic heterocycles. The van der Waals surface area contributed by atoms with Crippen molar-refractivity contribution in [3.8, 4) is 0 Å². The predicted octanol–water partition coefficient (Wildman–Crippen LogP) is 3.83. The number of rotatable bonds is 7. The van der Waals surface area contributed by atoms with Crippen LogP contribution in [0.25, 0.3) is 0 Å². The van der Waals surface area contributed by atoms with Gasteiger partial charge in [-0.1, -0.05) is 30.3 Å². The van der Waals surface area contributed by atoms with Gasteiger partial charge in [0, 0.05) is 25.2 Å². The molecule has 132 valence electrons. The molecule has 0 atom stereocenters. The molecule has 2 aromatic carbocycles. The molecule has 0 saturated heterocycles. The SMILES string of the molecule is CCN(CC)c1cc(C(=O)O)c(C)c(C(=O)O)c1Cc1ccccc1. The summed E-state index contributed by atoms with van der Waals surface area (Å²) >= 11 is 0. The van der Waals surface area contributed by atoms with Gasteiger partial charge in [0.1, 0.15) is 0 Å². The summed E-state index contributed by atoms with van der Waals surface area (Å²) in [7, 11) is 0. The zero-order valence-electron chi connectivity index (χ0n) is 14.7. The average Bonchev–Trinajstić information content (AvgIpc) is 2.58. The fraction of sp³-hybridized carbons (Fsp3) is 0.300. The fourth-order valence-electron chi connectivity index (χ4n) is 3.16. The van der Waals surface area contributed by atoms with Gasteiger partial charge < -0.3 is 15.1 Å². The van der Waals surface area contributed by atoms with Gasteiger partial charge >= 0.3 is 11.9 Å². The molecule has 0 saturated carbocycles. The van der Waals surface area contributed by atoms with Crippen LogP contribution in [0.4, 0.5) is 5.69 Å². The van der Waals surface area contributed by atoms with E-state index in [9.17, 15) is 19.8 Å². The smallest absolute Gasteiger partial charge is 0.336 e. The first-order valence-corrected chi connectivity index (χ1v) is 8.32. The molecule has 25 heavy (non-hydrogen) atoms. The maximum atomic E-state index is 11.9. The molecule has 0 spiro atoms. The van der Waals surface area contributed by atoms with E-state index < -0.39 is 11.9 Å². The van der Waals surface area contributed by atoms with Gasteiger partial charge in [-0.15, -0.1) is 0 Å². The molecule has 2 rings (SSSR count). The van der Waals surface area contributed by atoms with Crippen LogP contribution in [-0.4, -0.2) is 35.2 Å². The highest BCUT2D eigenvalue weighted by molar-refractivity contribution is 6.00. The molecule has 5 nitrogen and oxygen atoms in total. The van der Waals surface area contributed by atoms with Gasteiger partial charge in [-0.05, 0) is 43.5 Å². The third kappa shape index (κ3) is 3.82. The van der Waals surface area contributed by atoms with Crippen molar-refractivity contribution in [2.45, 2.75) is 27.2 Å². The molecule has 0 aliphatic carbocycles. The summed E-state index contributed by atoms with van der Waals surface area (Å²) in [6.45, 7) is 6.83. The van der Waals surface area contributed by atoms with E-state index in [0.29, 0.717) is 36.3 Å². The number of hydrogen-bond acceptors (Lipinski definition) is 3. The molecule has 2 N–H and O–H groups in total. The second kappa shape index (κ2) is 7.83. The van der Waals surface area contributed by atoms with Gasteiger partial charge in [0.05, 0.1) is 11.1 Å². The highest BCUT2D eigenvalue weighted by atomic mass is 16.4. The second-order valence-electron chi connectivity index (χ2n) is 5.87. The van der Waals surface area contributed by atoms with E-state index in [1.165, 1.54) is 0 Å². The van der Waals surface area contributed by atoms with E-state index >= 15 is 0 Å². The maximum absolute atomic E-state index is 11.9. The molecule has 0 radical (unpaired) electrons. The van der Waals surface area contributed by atoms with Gasteiger partial charge in [-0.3, -0.25) is 0 Å². The van der Waals surface area contributed by atoms with Gasteiger partial charge in [0.2, 0.25) is 0 Å². The van der Waals surface area contributed by atoms with Crippen LogP contribution in [-0.2, 0) is 6.42 Å². The van der Waals surface area contributed by atoms with Gasteiger partial charge in [-0.2, -0.15) is 0 Å². The van der Waals surface area contributed by atoms with Crippen molar-refractivity contribution in [1.29, 1.82) is 0 Å². The minimum absolute atomic E-state index is 0.0381. The number of aromatic carboxylic acids is 2. The molecule has 0 fully saturated rings. The lowest BCUT2D eigenvalue weighted by Gasteiger charge is -2.27. The molecule has 5 heteroatoms. The van der Waals surface area contributed by atoms with Crippen LogP contribution in [0.15, 0.2) is 36.4 Å². The van der Waals surface area contributed by atoms with Crippen molar-refractivity contribution in [3.05, 3.63) is 64.2 Å². The van der Waals surface area contributed by atoms with Crippen LogP contribution in [0.2, 0.25) is 0 Å². The Kier molecular flexibility index (Phi) is 5.80. The highest BCUT2D eigenvalue weighted by Crippen LogP contribution is 2.32. The Morgan fingerprint density at radius 1 is 1.00 bits per heavy atom. The number of anilines is 1. The van der Waals surface area contributed by atoms with Gasteiger partial charge in [0.25, 0.3) is 0 Å². The van der Waals surface area contributed by atoms with Crippen LogP contribution in [0.3, 0.4) is 0 Å². The molecule has 0 unspecified atom stereocenters. The van der Waals surface area contributed by atoms with Gasteiger partial charge in [-0.25, -0.2) is 9.59 Å². The summed E-state index contributed by atoms with van der Waals surface area (Å²) in [5.41, 5.74) is 2.74. The van der Waals surface area contributed by atoms with Crippen LogP contribution in [0.5, 0.6) is 0 Å². The first-order chi connectivity index (χ1) is 11.9. The van der Waals surface area contributed by atoms with E-state index in [4.69, 9.17) is 0 Å². The number of carboxylic acid groups (broad SMARTS) is 2. The Hall–Kier alpha value is -2.82. The van der Waals surface area contributed by atoms with Crippen molar-refractivity contribution in [3.63, 3.8) is 0 Å². The zero-order chi connectivity index (χ0) is 18.6. The zero-order valence-corrected chi connectivity index (χ0v) is 14.7. The number of carboxylic acids is 2. The minimum atomic E-state index is -1.11. The lowest BCUT2D eigenvalue weighted by Crippen LogP contribution is -2.25. The fourth-order valence-corrected chi connectivity index (χ4v) is 3.16. The monoisotopic (exact) mass is 341 g/mol. The van der Waals surface area contributed by atoms with Crippen molar-refractivity contribution < 1.29 is 19.8 Å². The van der Waals surface area contributed by atoms with Crippen LogP contribution in [0.1, 0.15) is 51.3 Å². The molecule has 0 aliphatic rings. The number of benzene rings is 2. The summed E-state index contributed by atoms with van der Waals surface area (Å²) in [5, 5.41) is 19.3. The number of carbonyl (C=O) groups is 2. The van der Waals surface area contributed by atoms with Crippen LogP contribution < -0.4 is 4.90 Å². The van der Waals surface area contributed by atoms with Crippen molar-refractivity contribution in [2.75, 3.05) is 18.0 Å². The van der Waals surface area contributed by atoms with E-state index in [1.54, 1.807) is 13.0 Å². The Labute approximate surface area is 147 Å². The standard InChI is InChI=1S/C20H23NO4/c1-4-21(5-2)17-12-15(19(22)23)13(3)18(20(24)25)16(17)11-14-9-7-6-8-10-14/h6-10,12H,4-5,11H2,1-3H3,(H,22,23)(H,24,25). The normalized spacial score (nSPS) is 10.5. The summed E-state index contributed by atoms with van der Waals surface area (Å²) in [6.07, 6.45) is 0.440. The largest absolute Gasteiger partial charge is 0.478 e. The second-order valence-corrected chi connectivity index (χ2v) is 5.87. The summed E-state index contributed by atoms with van der Waals surface area (Å²) in [6, 6.07) is 11.2. The molecular weight excluding hydrogens is 318 g/mol. The lowest BCUT2D eigenvalue weighted by molar-refractivity contribution is 0.0695. The molecule has 2 aromatic rings. The van der Waals surface area contributed by atoms with E-state index in [0.717, 1.165) is 5.56 Å². The quantitative estimate of drug-likeness (QED) is 0.800. The molecule has 0 amide bonds.